The molecule has 25 heavy (non-hydrogen) atoms. The average Bonchev–Trinajstić information content (AvgIpc) is 3.29. The van der Waals surface area contributed by atoms with E-state index in [0.29, 0.717) is 17.4 Å². The molecule has 0 spiro atoms. The van der Waals surface area contributed by atoms with Crippen molar-refractivity contribution in [2.24, 2.45) is 0 Å². The predicted octanol–water partition coefficient (Wildman–Crippen LogP) is 3.30. The van der Waals surface area contributed by atoms with Gasteiger partial charge in [0.1, 0.15) is 10.4 Å². The molecule has 4 rings (SSSR count). The number of carbonyl (C=O) groups excluding carboxylic acids is 1. The number of carbonyl (C=O) groups is 1. The maximum atomic E-state index is 12.4. The summed E-state index contributed by atoms with van der Waals surface area (Å²) in [6.07, 6.45) is 2.08. The number of rotatable bonds is 4. The highest BCUT2D eigenvalue weighted by molar-refractivity contribution is 7.13. The maximum absolute atomic E-state index is 12.4. The number of nitrogens with zero attached hydrogens (tertiary/aromatic N) is 3. The van der Waals surface area contributed by atoms with Crippen LogP contribution in [0.3, 0.4) is 0 Å². The lowest BCUT2D eigenvalue weighted by Gasteiger charge is -2.22. The number of aryl methyl sites for hydroxylation is 2. The van der Waals surface area contributed by atoms with Crippen LogP contribution in [0.4, 0.5) is 6.01 Å². The Hall–Kier alpha value is -2.41. The molecule has 0 saturated carbocycles. The van der Waals surface area contributed by atoms with Gasteiger partial charge in [0.2, 0.25) is 0 Å². The SMILES string of the molecule is Cc1nc(C)c(C(=O)NCC2CCCN2c2nc3ccccc3o2)s1. The zero-order chi connectivity index (χ0) is 17.4. The van der Waals surface area contributed by atoms with E-state index in [9.17, 15) is 4.79 Å². The number of benzene rings is 1. The zero-order valence-electron chi connectivity index (χ0n) is 14.3. The number of oxazole rings is 1. The highest BCUT2D eigenvalue weighted by Crippen LogP contribution is 2.28. The summed E-state index contributed by atoms with van der Waals surface area (Å²) in [5, 5.41) is 3.96. The fourth-order valence-corrected chi connectivity index (χ4v) is 4.15. The lowest BCUT2D eigenvalue weighted by molar-refractivity contribution is 0.0954. The normalized spacial score (nSPS) is 17.4. The summed E-state index contributed by atoms with van der Waals surface area (Å²) < 4.78 is 5.89. The third-order valence-corrected chi connectivity index (χ3v) is 5.59. The second-order valence-corrected chi connectivity index (χ2v) is 7.51. The molecule has 0 radical (unpaired) electrons. The first kappa shape index (κ1) is 16.1. The lowest BCUT2D eigenvalue weighted by Crippen LogP contribution is -2.40. The van der Waals surface area contributed by atoms with Gasteiger partial charge in [-0.1, -0.05) is 12.1 Å². The van der Waals surface area contributed by atoms with Gasteiger partial charge in [0, 0.05) is 13.1 Å². The molecular weight excluding hydrogens is 336 g/mol. The topological polar surface area (TPSA) is 71.3 Å². The molecule has 3 heterocycles. The quantitative estimate of drug-likeness (QED) is 0.777. The number of hydrogen-bond donors (Lipinski definition) is 1. The average molecular weight is 356 g/mol. The van der Waals surface area contributed by atoms with E-state index >= 15 is 0 Å². The van der Waals surface area contributed by atoms with Crippen LogP contribution in [0.25, 0.3) is 11.1 Å². The van der Waals surface area contributed by atoms with Crippen LogP contribution in [0.5, 0.6) is 0 Å². The molecule has 0 bridgehead atoms. The van der Waals surface area contributed by atoms with Crippen LogP contribution in [-0.4, -0.2) is 35.0 Å². The minimum atomic E-state index is -0.0486. The number of nitrogens with one attached hydrogen (secondary N) is 1. The van der Waals surface area contributed by atoms with Crippen LogP contribution >= 0.6 is 11.3 Å². The number of anilines is 1. The van der Waals surface area contributed by atoms with Crippen molar-refractivity contribution in [2.45, 2.75) is 32.7 Å². The Kier molecular flexibility index (Phi) is 4.17. The first-order chi connectivity index (χ1) is 12.1. The van der Waals surface area contributed by atoms with Crippen LogP contribution < -0.4 is 10.2 Å². The standard InChI is InChI=1S/C18H20N4O2S/c1-11-16(25-12(2)20-11)17(23)19-10-13-6-5-9-22(13)18-21-14-7-3-4-8-15(14)24-18/h3-4,7-8,13H,5-6,9-10H2,1-2H3,(H,19,23). The van der Waals surface area contributed by atoms with Gasteiger partial charge in [-0.3, -0.25) is 4.79 Å². The number of para-hydroxylation sites is 2. The molecule has 1 amide bonds. The van der Waals surface area contributed by atoms with E-state index in [2.05, 4.69) is 20.2 Å². The predicted molar refractivity (Wildman–Crippen MR) is 98.3 cm³/mol. The summed E-state index contributed by atoms with van der Waals surface area (Å²) >= 11 is 1.44. The monoisotopic (exact) mass is 356 g/mol. The Morgan fingerprint density at radius 2 is 2.20 bits per heavy atom. The van der Waals surface area contributed by atoms with Crippen molar-refractivity contribution < 1.29 is 9.21 Å². The molecule has 7 heteroatoms. The Bertz CT molecular complexity index is 884. The van der Waals surface area contributed by atoms with Crippen molar-refractivity contribution in [1.29, 1.82) is 0 Å². The van der Waals surface area contributed by atoms with E-state index in [-0.39, 0.29) is 11.9 Å². The van der Waals surface area contributed by atoms with Gasteiger partial charge in [0.05, 0.1) is 16.7 Å². The van der Waals surface area contributed by atoms with Crippen LogP contribution in [0.2, 0.25) is 0 Å². The van der Waals surface area contributed by atoms with Gasteiger partial charge >= 0.3 is 0 Å². The molecular formula is C18H20N4O2S. The lowest BCUT2D eigenvalue weighted by atomic mass is 10.2. The largest absolute Gasteiger partial charge is 0.423 e. The van der Waals surface area contributed by atoms with Crippen molar-refractivity contribution in [1.82, 2.24) is 15.3 Å². The molecule has 1 unspecified atom stereocenters. The number of fused-ring (bicyclic) bond motifs is 1. The minimum Gasteiger partial charge on any atom is -0.423 e. The van der Waals surface area contributed by atoms with Gasteiger partial charge in [-0.25, -0.2) is 4.98 Å². The first-order valence-electron chi connectivity index (χ1n) is 8.46. The van der Waals surface area contributed by atoms with Crippen molar-refractivity contribution in [3.63, 3.8) is 0 Å². The molecule has 1 saturated heterocycles. The van der Waals surface area contributed by atoms with E-state index in [4.69, 9.17) is 4.42 Å². The Balaban J connectivity index is 1.46. The summed E-state index contributed by atoms with van der Waals surface area (Å²) in [5.41, 5.74) is 2.45. The van der Waals surface area contributed by atoms with E-state index in [1.165, 1.54) is 11.3 Å². The van der Waals surface area contributed by atoms with Crippen LogP contribution in [-0.2, 0) is 0 Å². The second kappa shape index (κ2) is 6.48. The number of aromatic nitrogens is 2. The van der Waals surface area contributed by atoms with Gasteiger partial charge in [0.15, 0.2) is 5.58 Å². The van der Waals surface area contributed by atoms with Crippen LogP contribution in [0.1, 0.15) is 33.2 Å². The number of thiazole rings is 1. The summed E-state index contributed by atoms with van der Waals surface area (Å²) in [5.74, 6) is -0.0486. The van der Waals surface area contributed by atoms with Crippen molar-refractivity contribution in [3.05, 3.63) is 39.8 Å². The fraction of sp³-hybridized carbons (Fsp3) is 0.389. The molecule has 1 aliphatic rings. The fourth-order valence-electron chi connectivity index (χ4n) is 3.32. The molecule has 130 valence electrons. The van der Waals surface area contributed by atoms with Crippen LogP contribution in [0.15, 0.2) is 28.7 Å². The van der Waals surface area contributed by atoms with Gasteiger partial charge < -0.3 is 14.6 Å². The van der Waals surface area contributed by atoms with Crippen LogP contribution in [0, 0.1) is 13.8 Å². The molecule has 0 aliphatic carbocycles. The second-order valence-electron chi connectivity index (χ2n) is 6.31. The van der Waals surface area contributed by atoms with Crippen molar-refractivity contribution in [3.8, 4) is 0 Å². The Morgan fingerprint density at radius 3 is 2.96 bits per heavy atom. The first-order valence-corrected chi connectivity index (χ1v) is 9.28. The highest BCUT2D eigenvalue weighted by atomic mass is 32.1. The number of hydrogen-bond acceptors (Lipinski definition) is 6. The van der Waals surface area contributed by atoms with Gasteiger partial charge in [-0.05, 0) is 38.8 Å². The molecule has 1 atom stereocenters. The maximum Gasteiger partial charge on any atom is 0.298 e. The summed E-state index contributed by atoms with van der Waals surface area (Å²) in [4.78, 5) is 24.2. The molecule has 1 aromatic carbocycles. The summed E-state index contributed by atoms with van der Waals surface area (Å²) in [6.45, 7) is 5.26. The highest BCUT2D eigenvalue weighted by Gasteiger charge is 2.29. The van der Waals surface area contributed by atoms with Crippen molar-refractivity contribution >= 4 is 34.4 Å². The van der Waals surface area contributed by atoms with Gasteiger partial charge in [0.25, 0.3) is 11.9 Å². The van der Waals surface area contributed by atoms with Gasteiger partial charge in [-0.2, -0.15) is 4.98 Å². The third kappa shape index (κ3) is 3.11. The van der Waals surface area contributed by atoms with Gasteiger partial charge in [-0.15, -0.1) is 11.3 Å². The smallest absolute Gasteiger partial charge is 0.298 e. The number of amides is 1. The van der Waals surface area contributed by atoms with E-state index in [1.807, 2.05) is 38.1 Å². The Morgan fingerprint density at radius 1 is 1.36 bits per heavy atom. The third-order valence-electron chi connectivity index (χ3n) is 4.51. The minimum absolute atomic E-state index is 0.0486. The summed E-state index contributed by atoms with van der Waals surface area (Å²) in [6, 6.07) is 8.61. The molecule has 6 nitrogen and oxygen atoms in total. The van der Waals surface area contributed by atoms with E-state index in [1.54, 1.807) is 0 Å². The molecule has 3 aromatic rings. The van der Waals surface area contributed by atoms with E-state index in [0.717, 1.165) is 41.2 Å². The molecule has 2 aromatic heterocycles. The van der Waals surface area contributed by atoms with Crippen molar-refractivity contribution in [2.75, 3.05) is 18.0 Å². The summed E-state index contributed by atoms with van der Waals surface area (Å²) in [7, 11) is 0. The Labute approximate surface area is 149 Å². The molecule has 1 fully saturated rings. The molecule has 1 N–H and O–H groups in total. The molecule has 1 aliphatic heterocycles. The van der Waals surface area contributed by atoms with E-state index < -0.39 is 0 Å². The zero-order valence-corrected chi connectivity index (χ0v) is 15.1.